The highest BCUT2D eigenvalue weighted by Gasteiger charge is 2.22. The summed E-state index contributed by atoms with van der Waals surface area (Å²) in [5.41, 5.74) is 1.85. The van der Waals surface area contributed by atoms with Gasteiger partial charge in [-0.05, 0) is 29.3 Å². The Balaban J connectivity index is 1.71. The number of carbonyl (C=O) groups is 3. The zero-order valence-electron chi connectivity index (χ0n) is 17.4. The SMILES string of the molecule is N#CC(=Cc1ccc(O)cc1)C(=O)NC(Cc1ccc(C(=O)c2ccccc2)cc1)C(=O)O. The lowest BCUT2D eigenvalue weighted by atomic mass is 9.99. The molecule has 0 spiro atoms. The van der Waals surface area contributed by atoms with E-state index in [-0.39, 0.29) is 23.5 Å². The molecule has 3 aromatic carbocycles. The number of phenolic OH excluding ortho intramolecular Hbond substituents is 1. The average molecular weight is 440 g/mol. The van der Waals surface area contributed by atoms with Gasteiger partial charge in [-0.25, -0.2) is 4.79 Å². The first-order chi connectivity index (χ1) is 15.9. The predicted octanol–water partition coefficient (Wildman–Crippen LogP) is 3.34. The van der Waals surface area contributed by atoms with Crippen LogP contribution in [0.15, 0.2) is 84.4 Å². The number of carbonyl (C=O) groups excluding carboxylic acids is 2. The maximum Gasteiger partial charge on any atom is 0.326 e. The van der Waals surface area contributed by atoms with Gasteiger partial charge < -0.3 is 15.5 Å². The van der Waals surface area contributed by atoms with Crippen LogP contribution in [0.25, 0.3) is 6.08 Å². The number of carboxylic acids is 1. The van der Waals surface area contributed by atoms with Crippen LogP contribution >= 0.6 is 0 Å². The molecule has 0 aliphatic heterocycles. The molecule has 0 saturated carbocycles. The van der Waals surface area contributed by atoms with Gasteiger partial charge in [0, 0.05) is 17.5 Å². The first-order valence-electron chi connectivity index (χ1n) is 10.0. The van der Waals surface area contributed by atoms with Crippen LogP contribution in [-0.2, 0) is 16.0 Å². The lowest BCUT2D eigenvalue weighted by Gasteiger charge is -2.14. The molecule has 3 N–H and O–H groups in total. The highest BCUT2D eigenvalue weighted by molar-refractivity contribution is 6.09. The molecule has 7 nitrogen and oxygen atoms in total. The van der Waals surface area contributed by atoms with Gasteiger partial charge in [0.25, 0.3) is 5.91 Å². The van der Waals surface area contributed by atoms with E-state index in [4.69, 9.17) is 0 Å². The summed E-state index contributed by atoms with van der Waals surface area (Å²) in [6, 6.07) is 21.6. The van der Waals surface area contributed by atoms with Crippen molar-refractivity contribution in [3.63, 3.8) is 0 Å². The maximum absolute atomic E-state index is 12.5. The predicted molar refractivity (Wildman–Crippen MR) is 121 cm³/mol. The number of aliphatic carboxylic acids is 1. The number of hydrogen-bond acceptors (Lipinski definition) is 5. The molecule has 0 aliphatic rings. The third kappa shape index (κ3) is 6.15. The molecule has 0 aliphatic carbocycles. The fourth-order valence-electron chi connectivity index (χ4n) is 3.11. The normalized spacial score (nSPS) is 11.8. The zero-order chi connectivity index (χ0) is 23.8. The van der Waals surface area contributed by atoms with Crippen molar-refractivity contribution in [3.05, 3.63) is 107 Å². The van der Waals surface area contributed by atoms with Crippen LogP contribution < -0.4 is 5.32 Å². The average Bonchev–Trinajstić information content (AvgIpc) is 2.83. The van der Waals surface area contributed by atoms with E-state index in [2.05, 4.69) is 5.32 Å². The van der Waals surface area contributed by atoms with Crippen molar-refractivity contribution in [1.29, 1.82) is 5.26 Å². The molecule has 0 fully saturated rings. The molecule has 1 amide bonds. The number of nitriles is 1. The molecule has 7 heteroatoms. The summed E-state index contributed by atoms with van der Waals surface area (Å²) in [7, 11) is 0. The van der Waals surface area contributed by atoms with E-state index >= 15 is 0 Å². The van der Waals surface area contributed by atoms with E-state index in [9.17, 15) is 29.9 Å². The fourth-order valence-corrected chi connectivity index (χ4v) is 3.11. The maximum atomic E-state index is 12.5. The Bertz CT molecular complexity index is 1220. The number of hydrogen-bond donors (Lipinski definition) is 3. The van der Waals surface area contributed by atoms with Crippen LogP contribution in [0, 0.1) is 11.3 Å². The second kappa shape index (κ2) is 10.6. The van der Waals surface area contributed by atoms with Crippen molar-refractivity contribution < 1.29 is 24.6 Å². The monoisotopic (exact) mass is 440 g/mol. The van der Waals surface area contributed by atoms with Crippen LogP contribution in [0.5, 0.6) is 5.75 Å². The minimum absolute atomic E-state index is 0.0290. The molecule has 33 heavy (non-hydrogen) atoms. The standard InChI is InChI=1S/C26H20N2O5/c27-16-21(14-17-8-12-22(29)13-9-17)25(31)28-23(26(32)33)15-18-6-10-20(11-7-18)24(30)19-4-2-1-3-5-19/h1-14,23,29H,15H2,(H,28,31)(H,32,33). The topological polar surface area (TPSA) is 127 Å². The Morgan fingerprint density at radius 1 is 0.909 bits per heavy atom. The van der Waals surface area contributed by atoms with Crippen LogP contribution in [0.3, 0.4) is 0 Å². The second-order valence-electron chi connectivity index (χ2n) is 7.22. The summed E-state index contributed by atoms with van der Waals surface area (Å²) in [5, 5.41) is 30.6. The van der Waals surface area contributed by atoms with Crippen LogP contribution in [-0.4, -0.2) is 33.9 Å². The van der Waals surface area contributed by atoms with E-state index < -0.39 is 17.9 Å². The molecule has 0 radical (unpaired) electrons. The molecule has 0 aromatic heterocycles. The number of benzene rings is 3. The third-order valence-corrected chi connectivity index (χ3v) is 4.86. The number of aromatic hydroxyl groups is 1. The van der Waals surface area contributed by atoms with Gasteiger partial charge in [0.15, 0.2) is 5.78 Å². The van der Waals surface area contributed by atoms with Crippen molar-refractivity contribution in [3.8, 4) is 11.8 Å². The van der Waals surface area contributed by atoms with E-state index in [1.165, 1.54) is 30.3 Å². The van der Waals surface area contributed by atoms with Gasteiger partial charge in [0.2, 0.25) is 0 Å². The van der Waals surface area contributed by atoms with E-state index in [1.54, 1.807) is 54.6 Å². The summed E-state index contributed by atoms with van der Waals surface area (Å²) < 4.78 is 0. The molecular weight excluding hydrogens is 420 g/mol. The lowest BCUT2D eigenvalue weighted by molar-refractivity contribution is -0.141. The molecule has 0 heterocycles. The van der Waals surface area contributed by atoms with Gasteiger partial charge in [0.05, 0.1) is 0 Å². The van der Waals surface area contributed by atoms with Crippen molar-refractivity contribution in [2.24, 2.45) is 0 Å². The number of phenols is 1. The van der Waals surface area contributed by atoms with Crippen molar-refractivity contribution in [1.82, 2.24) is 5.32 Å². The van der Waals surface area contributed by atoms with E-state index in [0.29, 0.717) is 22.3 Å². The van der Waals surface area contributed by atoms with Gasteiger partial charge in [-0.1, -0.05) is 66.7 Å². The summed E-state index contributed by atoms with van der Waals surface area (Å²) in [6.45, 7) is 0. The molecule has 0 bridgehead atoms. The quantitative estimate of drug-likeness (QED) is 0.280. The Hall–Kier alpha value is -4.70. The van der Waals surface area contributed by atoms with E-state index in [1.807, 2.05) is 6.07 Å². The molecule has 164 valence electrons. The Labute approximate surface area is 190 Å². The van der Waals surface area contributed by atoms with Gasteiger partial charge in [-0.2, -0.15) is 5.26 Å². The molecule has 0 saturated heterocycles. The Kier molecular flexibility index (Phi) is 7.35. The molecule has 3 aromatic rings. The Morgan fingerprint density at radius 3 is 2.09 bits per heavy atom. The largest absolute Gasteiger partial charge is 0.508 e. The van der Waals surface area contributed by atoms with E-state index in [0.717, 1.165) is 0 Å². The number of carboxylic acid groups (broad SMARTS) is 1. The highest BCUT2D eigenvalue weighted by Crippen LogP contribution is 2.14. The van der Waals surface area contributed by atoms with Crippen LogP contribution in [0.2, 0.25) is 0 Å². The van der Waals surface area contributed by atoms with Crippen LogP contribution in [0.4, 0.5) is 0 Å². The van der Waals surface area contributed by atoms with Gasteiger partial charge >= 0.3 is 5.97 Å². The number of ketones is 1. The summed E-state index contributed by atoms with van der Waals surface area (Å²) >= 11 is 0. The molecule has 1 unspecified atom stereocenters. The van der Waals surface area contributed by atoms with Gasteiger partial charge in [0.1, 0.15) is 23.4 Å². The van der Waals surface area contributed by atoms with Gasteiger partial charge in [-0.15, -0.1) is 0 Å². The smallest absolute Gasteiger partial charge is 0.326 e. The molecule has 3 rings (SSSR count). The minimum Gasteiger partial charge on any atom is -0.508 e. The molecular formula is C26H20N2O5. The van der Waals surface area contributed by atoms with Gasteiger partial charge in [-0.3, -0.25) is 9.59 Å². The summed E-state index contributed by atoms with van der Waals surface area (Å²) in [5.74, 6) is -2.19. The highest BCUT2D eigenvalue weighted by atomic mass is 16.4. The summed E-state index contributed by atoms with van der Waals surface area (Å²) in [4.78, 5) is 36.7. The zero-order valence-corrected chi connectivity index (χ0v) is 17.4. The van der Waals surface area contributed by atoms with Crippen molar-refractivity contribution in [2.75, 3.05) is 0 Å². The van der Waals surface area contributed by atoms with Crippen molar-refractivity contribution >= 4 is 23.7 Å². The lowest BCUT2D eigenvalue weighted by Crippen LogP contribution is -2.42. The number of amides is 1. The number of nitrogens with zero attached hydrogens (tertiary/aromatic N) is 1. The third-order valence-electron chi connectivity index (χ3n) is 4.86. The second-order valence-corrected chi connectivity index (χ2v) is 7.22. The first kappa shape index (κ1) is 23.0. The number of rotatable bonds is 8. The minimum atomic E-state index is -1.27. The summed E-state index contributed by atoms with van der Waals surface area (Å²) in [6.07, 6.45) is 1.27. The number of nitrogens with one attached hydrogen (secondary N) is 1. The Morgan fingerprint density at radius 2 is 1.52 bits per heavy atom. The van der Waals surface area contributed by atoms with Crippen LogP contribution in [0.1, 0.15) is 27.0 Å². The fraction of sp³-hybridized carbons (Fsp3) is 0.0769. The first-order valence-corrected chi connectivity index (χ1v) is 10.0. The molecule has 1 atom stereocenters. The van der Waals surface area contributed by atoms with Crippen molar-refractivity contribution in [2.45, 2.75) is 12.5 Å².